The van der Waals surface area contributed by atoms with Gasteiger partial charge in [0.15, 0.2) is 5.78 Å². The van der Waals surface area contributed by atoms with Crippen LogP contribution >= 0.6 is 23.2 Å². The van der Waals surface area contributed by atoms with Gasteiger partial charge in [-0.3, -0.25) is 4.79 Å². The molecule has 98 valence electrons. The second-order valence-electron chi connectivity index (χ2n) is 3.82. The van der Waals surface area contributed by atoms with Crippen molar-refractivity contribution in [3.05, 3.63) is 52.1 Å². The van der Waals surface area contributed by atoms with E-state index in [0.717, 1.165) is 0 Å². The van der Waals surface area contributed by atoms with E-state index in [4.69, 9.17) is 27.9 Å². The molecule has 0 aliphatic heterocycles. The Bertz CT molecular complexity index is 597. The third kappa shape index (κ3) is 3.46. The molecule has 2 rings (SSSR count). The Labute approximate surface area is 121 Å². The van der Waals surface area contributed by atoms with Crippen molar-refractivity contribution in [1.29, 1.82) is 0 Å². The highest BCUT2D eigenvalue weighted by molar-refractivity contribution is 6.32. The van der Waals surface area contributed by atoms with Crippen molar-refractivity contribution in [2.45, 2.75) is 13.3 Å². The van der Waals surface area contributed by atoms with Gasteiger partial charge in [-0.25, -0.2) is 4.98 Å². The van der Waals surface area contributed by atoms with E-state index >= 15 is 0 Å². The van der Waals surface area contributed by atoms with Crippen LogP contribution in [0.1, 0.15) is 23.7 Å². The summed E-state index contributed by atoms with van der Waals surface area (Å²) in [5, 5.41) is 0.778. The Morgan fingerprint density at radius 1 is 1.16 bits per heavy atom. The van der Waals surface area contributed by atoms with Gasteiger partial charge in [-0.2, -0.15) is 0 Å². The maximum Gasteiger partial charge on any atom is 0.220 e. The number of carbonyl (C=O) groups is 1. The summed E-state index contributed by atoms with van der Waals surface area (Å²) in [6.07, 6.45) is 0.388. The minimum absolute atomic E-state index is 0.0458. The number of aromatic nitrogens is 1. The van der Waals surface area contributed by atoms with Gasteiger partial charge in [-0.05, 0) is 30.3 Å². The lowest BCUT2D eigenvalue weighted by atomic mass is 10.1. The van der Waals surface area contributed by atoms with Crippen molar-refractivity contribution < 1.29 is 9.53 Å². The molecule has 0 atom stereocenters. The lowest BCUT2D eigenvalue weighted by Gasteiger charge is -2.07. The number of carbonyl (C=O) groups excluding carboxylic acids is 1. The van der Waals surface area contributed by atoms with Gasteiger partial charge in [-0.15, -0.1) is 0 Å². The van der Waals surface area contributed by atoms with Gasteiger partial charge in [0.05, 0.1) is 5.56 Å². The highest BCUT2D eigenvalue weighted by atomic mass is 35.5. The molecule has 2 aromatic rings. The highest BCUT2D eigenvalue weighted by Crippen LogP contribution is 2.24. The molecule has 1 aromatic heterocycles. The molecule has 1 aromatic carbocycles. The van der Waals surface area contributed by atoms with Crippen LogP contribution in [0.25, 0.3) is 0 Å². The Kier molecular flexibility index (Phi) is 4.40. The number of ketones is 1. The molecule has 0 unspecified atom stereocenters. The van der Waals surface area contributed by atoms with Gasteiger partial charge < -0.3 is 4.74 Å². The number of ether oxygens (including phenoxy) is 1. The van der Waals surface area contributed by atoms with Crippen LogP contribution in [0.15, 0.2) is 36.4 Å². The van der Waals surface area contributed by atoms with E-state index in [9.17, 15) is 4.79 Å². The molecule has 1 heterocycles. The number of nitrogens with zero attached hydrogens (tertiary/aromatic N) is 1. The van der Waals surface area contributed by atoms with Crippen LogP contribution in [0.5, 0.6) is 11.6 Å². The van der Waals surface area contributed by atoms with E-state index in [0.29, 0.717) is 28.6 Å². The molecule has 0 aliphatic rings. The second-order valence-corrected chi connectivity index (χ2v) is 4.62. The van der Waals surface area contributed by atoms with E-state index in [1.165, 1.54) is 0 Å². The van der Waals surface area contributed by atoms with Crippen molar-refractivity contribution in [3.63, 3.8) is 0 Å². The first-order valence-electron chi connectivity index (χ1n) is 5.73. The van der Waals surface area contributed by atoms with Crippen LogP contribution < -0.4 is 4.74 Å². The first kappa shape index (κ1) is 13.8. The molecule has 5 heteroatoms. The molecule has 19 heavy (non-hydrogen) atoms. The third-order valence-corrected chi connectivity index (χ3v) is 3.02. The largest absolute Gasteiger partial charge is 0.439 e. The van der Waals surface area contributed by atoms with Gasteiger partial charge in [-0.1, -0.05) is 30.1 Å². The van der Waals surface area contributed by atoms with Gasteiger partial charge >= 0.3 is 0 Å². The first-order valence-corrected chi connectivity index (χ1v) is 6.49. The average molecular weight is 296 g/mol. The fraction of sp³-hybridized carbons (Fsp3) is 0.143. The summed E-state index contributed by atoms with van der Waals surface area (Å²) in [7, 11) is 0. The van der Waals surface area contributed by atoms with Crippen molar-refractivity contribution in [3.8, 4) is 11.6 Å². The van der Waals surface area contributed by atoms with Crippen molar-refractivity contribution >= 4 is 29.0 Å². The normalized spacial score (nSPS) is 10.3. The van der Waals surface area contributed by atoms with E-state index in [1.807, 2.05) is 0 Å². The summed E-state index contributed by atoms with van der Waals surface area (Å²) in [5.41, 5.74) is 0.410. The van der Waals surface area contributed by atoms with Crippen LogP contribution in [-0.4, -0.2) is 10.8 Å². The molecule has 3 nitrogen and oxygen atoms in total. The molecule has 0 amide bonds. The fourth-order valence-electron chi connectivity index (χ4n) is 1.50. The molecule has 0 radical (unpaired) electrons. The maximum absolute atomic E-state index is 11.6. The van der Waals surface area contributed by atoms with Gasteiger partial charge in [0, 0.05) is 17.5 Å². The number of halogens is 2. The quantitative estimate of drug-likeness (QED) is 0.602. The fourth-order valence-corrected chi connectivity index (χ4v) is 1.87. The summed E-state index contributed by atoms with van der Waals surface area (Å²) < 4.78 is 5.52. The monoisotopic (exact) mass is 295 g/mol. The summed E-state index contributed by atoms with van der Waals surface area (Å²) in [6.45, 7) is 1.77. The summed E-state index contributed by atoms with van der Waals surface area (Å²) in [5.74, 6) is 0.887. The van der Waals surface area contributed by atoms with Crippen molar-refractivity contribution in [2.75, 3.05) is 0 Å². The van der Waals surface area contributed by atoms with Crippen LogP contribution in [0.4, 0.5) is 0 Å². The predicted molar refractivity (Wildman–Crippen MR) is 75.4 cm³/mol. The number of rotatable bonds is 4. The Morgan fingerprint density at radius 2 is 1.84 bits per heavy atom. The summed E-state index contributed by atoms with van der Waals surface area (Å²) >= 11 is 11.7. The molecule has 0 saturated carbocycles. The number of hydrogen-bond acceptors (Lipinski definition) is 3. The van der Waals surface area contributed by atoms with Gasteiger partial charge in [0.2, 0.25) is 5.88 Å². The number of hydrogen-bond donors (Lipinski definition) is 0. The Hall–Kier alpha value is -1.58. The third-order valence-electron chi connectivity index (χ3n) is 2.48. The SMILES string of the molecule is CCC(=O)c1ccc(Oc2ccc(Cl)cc2)nc1Cl. The molecule has 0 spiro atoms. The minimum Gasteiger partial charge on any atom is -0.439 e. The molecule has 0 aliphatic carbocycles. The summed E-state index contributed by atoms with van der Waals surface area (Å²) in [4.78, 5) is 15.6. The predicted octanol–water partition coefficient (Wildman–Crippen LogP) is 4.77. The second kappa shape index (κ2) is 6.04. The average Bonchev–Trinajstić information content (AvgIpc) is 2.41. The zero-order valence-electron chi connectivity index (χ0n) is 10.2. The van der Waals surface area contributed by atoms with Gasteiger partial charge in [0.25, 0.3) is 0 Å². The molecular formula is C14H11Cl2NO2. The molecule has 0 saturated heterocycles. The lowest BCUT2D eigenvalue weighted by Crippen LogP contribution is -2.00. The van der Waals surface area contributed by atoms with E-state index < -0.39 is 0 Å². The lowest BCUT2D eigenvalue weighted by molar-refractivity contribution is 0.0988. The maximum atomic E-state index is 11.6. The topological polar surface area (TPSA) is 39.2 Å². The standard InChI is InChI=1S/C14H11Cl2NO2/c1-2-12(18)11-7-8-13(17-14(11)16)19-10-5-3-9(15)4-6-10/h3-8H,2H2,1H3. The Balaban J connectivity index is 2.20. The number of benzene rings is 1. The van der Waals surface area contributed by atoms with Crippen LogP contribution in [0.2, 0.25) is 10.2 Å². The smallest absolute Gasteiger partial charge is 0.220 e. The van der Waals surface area contributed by atoms with E-state index in [1.54, 1.807) is 43.3 Å². The van der Waals surface area contributed by atoms with E-state index in [-0.39, 0.29) is 10.9 Å². The minimum atomic E-state index is -0.0458. The zero-order valence-corrected chi connectivity index (χ0v) is 11.7. The Morgan fingerprint density at radius 3 is 2.42 bits per heavy atom. The summed E-state index contributed by atoms with van der Waals surface area (Å²) in [6, 6.07) is 10.1. The van der Waals surface area contributed by atoms with Crippen molar-refractivity contribution in [2.24, 2.45) is 0 Å². The van der Waals surface area contributed by atoms with Gasteiger partial charge in [0.1, 0.15) is 10.9 Å². The zero-order chi connectivity index (χ0) is 13.8. The molecule has 0 fully saturated rings. The first-order chi connectivity index (χ1) is 9.10. The van der Waals surface area contributed by atoms with Crippen LogP contribution in [0.3, 0.4) is 0 Å². The van der Waals surface area contributed by atoms with Crippen LogP contribution in [-0.2, 0) is 0 Å². The molecule has 0 N–H and O–H groups in total. The number of pyridine rings is 1. The highest BCUT2D eigenvalue weighted by Gasteiger charge is 2.11. The molecular weight excluding hydrogens is 285 g/mol. The molecule has 0 bridgehead atoms. The van der Waals surface area contributed by atoms with Crippen molar-refractivity contribution in [1.82, 2.24) is 4.98 Å². The van der Waals surface area contributed by atoms with E-state index in [2.05, 4.69) is 4.98 Å². The van der Waals surface area contributed by atoms with Crippen LogP contribution in [0, 0.1) is 0 Å². The number of Topliss-reactive ketones (excluding diaryl/α,β-unsaturated/α-hetero) is 1.